The van der Waals surface area contributed by atoms with Gasteiger partial charge < -0.3 is 19.5 Å². The van der Waals surface area contributed by atoms with E-state index in [-0.39, 0.29) is 23.8 Å². The van der Waals surface area contributed by atoms with Crippen molar-refractivity contribution >= 4 is 61.9 Å². The van der Waals surface area contributed by atoms with Crippen LogP contribution in [0.25, 0.3) is 15.7 Å². The van der Waals surface area contributed by atoms with Gasteiger partial charge in [-0.3, -0.25) is 0 Å². The molecule has 5 rings (SSSR count). The second kappa shape index (κ2) is 12.2. The van der Waals surface area contributed by atoms with Crippen LogP contribution in [0.2, 0.25) is 5.02 Å². The molecule has 9 heteroatoms. The number of fused-ring (bicyclic) bond motifs is 1. The van der Waals surface area contributed by atoms with Crippen molar-refractivity contribution in [2.75, 3.05) is 14.2 Å². The molecule has 3 heterocycles. The molecule has 1 aliphatic heterocycles. The fraction of sp³-hybridized carbons (Fsp3) is 0.161. The van der Waals surface area contributed by atoms with Crippen LogP contribution in [0.5, 0.6) is 0 Å². The Morgan fingerprint density at radius 1 is 0.975 bits per heavy atom. The van der Waals surface area contributed by atoms with Crippen molar-refractivity contribution in [1.82, 2.24) is 4.90 Å². The van der Waals surface area contributed by atoms with Gasteiger partial charge in [-0.05, 0) is 46.4 Å². The van der Waals surface area contributed by atoms with Crippen LogP contribution in [0.3, 0.4) is 0 Å². The Balaban J connectivity index is 1.74. The SMILES string of the molecule is COC(=O)C1=CC(c2ccc(CO)cc2)=CC(c2cccs2)N(Cc2sc3ccccc3c2Cl)C=C1C(=O)OC. The van der Waals surface area contributed by atoms with Gasteiger partial charge in [-0.25, -0.2) is 9.59 Å². The zero-order chi connectivity index (χ0) is 28.2. The first-order valence-corrected chi connectivity index (χ1v) is 14.5. The molecular formula is C31H26ClNO5S2. The molecule has 0 saturated heterocycles. The summed E-state index contributed by atoms with van der Waals surface area (Å²) < 4.78 is 11.3. The summed E-state index contributed by atoms with van der Waals surface area (Å²) in [4.78, 5) is 30.2. The largest absolute Gasteiger partial charge is 0.465 e. The Bertz CT molecular complexity index is 1630. The molecule has 1 aliphatic rings. The molecule has 204 valence electrons. The number of aliphatic hydroxyl groups excluding tert-OH is 1. The minimum Gasteiger partial charge on any atom is -0.465 e. The van der Waals surface area contributed by atoms with Gasteiger partial charge in [0.1, 0.15) is 0 Å². The highest BCUT2D eigenvalue weighted by atomic mass is 35.5. The number of aliphatic hydroxyl groups is 1. The van der Waals surface area contributed by atoms with Crippen LogP contribution in [0.15, 0.2) is 95.5 Å². The summed E-state index contributed by atoms with van der Waals surface area (Å²) in [6.45, 7) is 0.294. The first kappa shape index (κ1) is 27.9. The summed E-state index contributed by atoms with van der Waals surface area (Å²) in [5.41, 5.74) is 2.43. The van der Waals surface area contributed by atoms with Crippen molar-refractivity contribution < 1.29 is 24.2 Å². The minimum absolute atomic E-state index is 0.0731. The van der Waals surface area contributed by atoms with E-state index in [9.17, 15) is 14.7 Å². The normalized spacial score (nSPS) is 15.6. The third-order valence-corrected chi connectivity index (χ3v) is 9.26. The molecule has 0 saturated carbocycles. The summed E-state index contributed by atoms with van der Waals surface area (Å²) in [5, 5.41) is 13.2. The highest BCUT2D eigenvalue weighted by Crippen LogP contribution is 2.40. The Labute approximate surface area is 245 Å². The monoisotopic (exact) mass is 591 g/mol. The number of carbonyl (C=O) groups is 2. The molecule has 1 unspecified atom stereocenters. The van der Waals surface area contributed by atoms with E-state index in [4.69, 9.17) is 21.1 Å². The molecule has 40 heavy (non-hydrogen) atoms. The quantitative estimate of drug-likeness (QED) is 0.236. The lowest BCUT2D eigenvalue weighted by atomic mass is 9.94. The fourth-order valence-corrected chi connectivity index (χ4v) is 6.89. The topological polar surface area (TPSA) is 76.1 Å². The van der Waals surface area contributed by atoms with Crippen LogP contribution in [-0.2, 0) is 32.2 Å². The highest BCUT2D eigenvalue weighted by molar-refractivity contribution is 7.19. The molecule has 4 aromatic rings. The van der Waals surface area contributed by atoms with Gasteiger partial charge in [0, 0.05) is 26.0 Å². The molecular weight excluding hydrogens is 566 g/mol. The third kappa shape index (κ3) is 5.62. The predicted octanol–water partition coefficient (Wildman–Crippen LogP) is 6.91. The standard InChI is InChI=1S/C31H26ClNO5S2/c1-37-30(35)23-14-21(20-11-9-19(18-34)10-12-20)15-25(27-8-5-13-39-27)33(16-24(23)31(36)38-2)17-28-29(32)22-6-3-4-7-26(22)40-28/h3-16,25,34H,17-18H2,1-2H3. The molecule has 2 aromatic carbocycles. The van der Waals surface area contributed by atoms with Crippen LogP contribution in [0.1, 0.15) is 26.9 Å². The number of hydrogen-bond donors (Lipinski definition) is 1. The number of allylic oxidation sites excluding steroid dienone is 2. The second-order valence-electron chi connectivity index (χ2n) is 9.03. The van der Waals surface area contributed by atoms with E-state index in [1.165, 1.54) is 14.2 Å². The molecule has 0 aliphatic carbocycles. The van der Waals surface area contributed by atoms with Crippen molar-refractivity contribution in [2.24, 2.45) is 0 Å². The molecule has 1 N–H and O–H groups in total. The molecule has 0 amide bonds. The van der Waals surface area contributed by atoms with Crippen LogP contribution in [0.4, 0.5) is 0 Å². The van der Waals surface area contributed by atoms with Crippen molar-refractivity contribution in [2.45, 2.75) is 19.2 Å². The molecule has 1 atom stereocenters. The van der Waals surface area contributed by atoms with E-state index in [1.807, 2.05) is 70.9 Å². The highest BCUT2D eigenvalue weighted by Gasteiger charge is 2.30. The summed E-state index contributed by atoms with van der Waals surface area (Å²) in [7, 11) is 2.56. The smallest absolute Gasteiger partial charge is 0.340 e. The molecule has 6 nitrogen and oxygen atoms in total. The minimum atomic E-state index is -0.663. The number of thiophene rings is 2. The maximum atomic E-state index is 13.2. The summed E-state index contributed by atoms with van der Waals surface area (Å²) >= 11 is 10.0. The molecule has 2 aromatic heterocycles. The molecule has 0 bridgehead atoms. The lowest BCUT2D eigenvalue weighted by Crippen LogP contribution is -2.26. The first-order chi connectivity index (χ1) is 19.4. The summed E-state index contributed by atoms with van der Waals surface area (Å²) in [6, 6.07) is 19.1. The molecule has 0 spiro atoms. The van der Waals surface area contributed by atoms with Crippen molar-refractivity contribution in [1.29, 1.82) is 0 Å². The average molecular weight is 592 g/mol. The molecule has 0 fully saturated rings. The van der Waals surface area contributed by atoms with Gasteiger partial charge in [0.2, 0.25) is 0 Å². The van der Waals surface area contributed by atoms with Crippen molar-refractivity contribution in [3.63, 3.8) is 0 Å². The van der Waals surface area contributed by atoms with Gasteiger partial charge in [0.05, 0.1) is 49.6 Å². The Kier molecular flexibility index (Phi) is 8.52. The first-order valence-electron chi connectivity index (χ1n) is 12.4. The van der Waals surface area contributed by atoms with Gasteiger partial charge in [-0.15, -0.1) is 22.7 Å². The predicted molar refractivity (Wildman–Crippen MR) is 160 cm³/mol. The van der Waals surface area contributed by atoms with E-state index < -0.39 is 11.9 Å². The number of benzene rings is 2. The number of halogens is 1. The summed E-state index contributed by atoms with van der Waals surface area (Å²) in [5.74, 6) is -1.32. The Hall–Kier alpha value is -3.69. The van der Waals surface area contributed by atoms with Gasteiger partial charge in [0.25, 0.3) is 0 Å². The third-order valence-electron chi connectivity index (χ3n) is 6.62. The maximum Gasteiger partial charge on any atom is 0.340 e. The summed E-state index contributed by atoms with van der Waals surface area (Å²) in [6.07, 6.45) is 5.39. The van der Waals surface area contributed by atoms with Gasteiger partial charge in [0.15, 0.2) is 0 Å². The zero-order valence-corrected chi connectivity index (χ0v) is 24.2. The van der Waals surface area contributed by atoms with E-state index in [0.29, 0.717) is 17.1 Å². The van der Waals surface area contributed by atoms with Crippen LogP contribution in [-0.4, -0.2) is 36.2 Å². The number of nitrogens with zero attached hydrogens (tertiary/aromatic N) is 1. The van der Waals surface area contributed by atoms with Crippen LogP contribution < -0.4 is 0 Å². The number of ether oxygens (including phenoxy) is 2. The fourth-order valence-electron chi connectivity index (χ4n) is 4.58. The van der Waals surface area contributed by atoms with E-state index >= 15 is 0 Å². The Morgan fingerprint density at radius 2 is 1.70 bits per heavy atom. The van der Waals surface area contributed by atoms with Gasteiger partial charge in [-0.2, -0.15) is 0 Å². The Morgan fingerprint density at radius 3 is 2.35 bits per heavy atom. The lowest BCUT2D eigenvalue weighted by Gasteiger charge is -2.31. The molecule has 0 radical (unpaired) electrons. The van der Waals surface area contributed by atoms with E-state index in [0.717, 1.165) is 31.0 Å². The zero-order valence-electron chi connectivity index (χ0n) is 21.8. The van der Waals surface area contributed by atoms with Crippen molar-refractivity contribution in [3.05, 3.63) is 121 Å². The number of rotatable bonds is 7. The van der Waals surface area contributed by atoms with Gasteiger partial charge >= 0.3 is 11.9 Å². The maximum absolute atomic E-state index is 13.2. The number of hydrogen-bond acceptors (Lipinski definition) is 8. The number of esters is 2. The van der Waals surface area contributed by atoms with Gasteiger partial charge in [-0.1, -0.05) is 60.1 Å². The van der Waals surface area contributed by atoms with Crippen molar-refractivity contribution in [3.8, 4) is 0 Å². The average Bonchev–Trinajstić information content (AvgIpc) is 3.62. The number of methoxy groups -OCH3 is 2. The second-order valence-corrected chi connectivity index (χ2v) is 11.5. The lowest BCUT2D eigenvalue weighted by molar-refractivity contribution is -0.139. The number of carbonyl (C=O) groups excluding carboxylic acids is 2. The van der Waals surface area contributed by atoms with E-state index in [1.54, 1.807) is 34.9 Å². The van der Waals surface area contributed by atoms with E-state index in [2.05, 4.69) is 6.08 Å². The van der Waals surface area contributed by atoms with Crippen LogP contribution in [0, 0.1) is 0 Å². The van der Waals surface area contributed by atoms with Crippen LogP contribution >= 0.6 is 34.3 Å².